The zero-order valence-electron chi connectivity index (χ0n) is 10.9. The SMILES string of the molecule is CC(C)(C)ON(C=O)c1cccc(CCC=O)n1. The van der Waals surface area contributed by atoms with Crippen molar-refractivity contribution >= 4 is 18.5 Å². The maximum atomic E-state index is 11.0. The summed E-state index contributed by atoms with van der Waals surface area (Å²) >= 11 is 0. The Labute approximate surface area is 107 Å². The molecule has 1 aromatic rings. The third-order valence-corrected chi connectivity index (χ3v) is 2.00. The Morgan fingerprint density at radius 2 is 2.06 bits per heavy atom. The van der Waals surface area contributed by atoms with E-state index >= 15 is 0 Å². The van der Waals surface area contributed by atoms with Gasteiger partial charge in [-0.2, -0.15) is 5.06 Å². The van der Waals surface area contributed by atoms with Crippen LogP contribution in [0.25, 0.3) is 0 Å². The highest BCUT2D eigenvalue weighted by Crippen LogP contribution is 2.16. The van der Waals surface area contributed by atoms with Crippen molar-refractivity contribution in [3.63, 3.8) is 0 Å². The van der Waals surface area contributed by atoms with E-state index in [1.165, 1.54) is 0 Å². The van der Waals surface area contributed by atoms with Crippen molar-refractivity contribution in [2.24, 2.45) is 0 Å². The number of aryl methyl sites for hydroxylation is 1. The summed E-state index contributed by atoms with van der Waals surface area (Å²) in [5.41, 5.74) is 0.269. The fourth-order valence-corrected chi connectivity index (χ4v) is 1.35. The van der Waals surface area contributed by atoms with E-state index in [9.17, 15) is 9.59 Å². The summed E-state index contributed by atoms with van der Waals surface area (Å²) in [6.07, 6.45) is 2.39. The molecule has 18 heavy (non-hydrogen) atoms. The molecule has 0 aliphatic heterocycles. The van der Waals surface area contributed by atoms with Crippen molar-refractivity contribution in [2.75, 3.05) is 5.06 Å². The first-order chi connectivity index (χ1) is 8.46. The molecule has 1 aromatic heterocycles. The van der Waals surface area contributed by atoms with Crippen LogP contribution in [0, 0.1) is 0 Å². The first kappa shape index (κ1) is 14.3. The van der Waals surface area contributed by atoms with Gasteiger partial charge in [-0.05, 0) is 39.3 Å². The minimum absolute atomic E-state index is 0.414. The molecule has 0 aromatic carbocycles. The summed E-state index contributed by atoms with van der Waals surface area (Å²) in [4.78, 5) is 31.1. The first-order valence-electron chi connectivity index (χ1n) is 5.79. The number of nitrogens with zero attached hydrogens (tertiary/aromatic N) is 2. The van der Waals surface area contributed by atoms with Gasteiger partial charge in [-0.15, -0.1) is 0 Å². The highest BCUT2D eigenvalue weighted by atomic mass is 16.7. The number of hydrogen-bond donors (Lipinski definition) is 0. The van der Waals surface area contributed by atoms with Gasteiger partial charge in [0.25, 0.3) is 0 Å². The standard InChI is InChI=1S/C13H18N2O3/c1-13(2,3)18-15(10-17)12-8-4-6-11(14-12)7-5-9-16/h4,6,8-10H,5,7H2,1-3H3. The van der Waals surface area contributed by atoms with Gasteiger partial charge in [0.05, 0.1) is 5.60 Å². The third-order valence-electron chi connectivity index (χ3n) is 2.00. The van der Waals surface area contributed by atoms with Crippen LogP contribution >= 0.6 is 0 Å². The monoisotopic (exact) mass is 250 g/mol. The number of hydrogen-bond acceptors (Lipinski definition) is 4. The van der Waals surface area contributed by atoms with Crippen LogP contribution in [0.5, 0.6) is 0 Å². The molecule has 0 radical (unpaired) electrons. The van der Waals surface area contributed by atoms with E-state index in [4.69, 9.17) is 4.84 Å². The Morgan fingerprint density at radius 3 is 2.61 bits per heavy atom. The number of aromatic nitrogens is 1. The Bertz CT molecular complexity index is 413. The van der Waals surface area contributed by atoms with Crippen LogP contribution in [0.4, 0.5) is 5.82 Å². The molecule has 1 heterocycles. The maximum absolute atomic E-state index is 11.0. The maximum Gasteiger partial charge on any atom is 0.239 e. The summed E-state index contributed by atoms with van der Waals surface area (Å²) in [5, 5.41) is 1.10. The number of carbonyl (C=O) groups is 2. The molecule has 0 saturated carbocycles. The number of hydroxylamine groups is 1. The predicted molar refractivity (Wildman–Crippen MR) is 68.0 cm³/mol. The molecule has 5 nitrogen and oxygen atoms in total. The fraction of sp³-hybridized carbons (Fsp3) is 0.462. The first-order valence-corrected chi connectivity index (χ1v) is 5.79. The van der Waals surface area contributed by atoms with Crippen molar-refractivity contribution in [3.8, 4) is 0 Å². The minimum Gasteiger partial charge on any atom is -0.303 e. The number of amides is 1. The predicted octanol–water partition coefficient (Wildman–Crippen LogP) is 1.91. The van der Waals surface area contributed by atoms with E-state index in [0.29, 0.717) is 25.1 Å². The topological polar surface area (TPSA) is 59.5 Å². The molecular formula is C13H18N2O3. The summed E-state index contributed by atoms with van der Waals surface area (Å²) in [7, 11) is 0. The summed E-state index contributed by atoms with van der Waals surface area (Å²) < 4.78 is 0. The van der Waals surface area contributed by atoms with E-state index in [0.717, 1.165) is 17.0 Å². The van der Waals surface area contributed by atoms with Crippen LogP contribution < -0.4 is 5.06 Å². The zero-order chi connectivity index (χ0) is 13.6. The average molecular weight is 250 g/mol. The average Bonchev–Trinajstić information content (AvgIpc) is 2.32. The second-order valence-corrected chi connectivity index (χ2v) is 4.83. The molecule has 0 aliphatic carbocycles. The van der Waals surface area contributed by atoms with Crippen LogP contribution in [0.3, 0.4) is 0 Å². The van der Waals surface area contributed by atoms with Crippen LogP contribution in [-0.2, 0) is 20.8 Å². The highest BCUT2D eigenvalue weighted by molar-refractivity contribution is 5.69. The lowest BCUT2D eigenvalue weighted by molar-refractivity contribution is -0.120. The Balaban J connectivity index is 2.85. The van der Waals surface area contributed by atoms with Gasteiger partial charge in [-0.25, -0.2) is 4.98 Å². The second-order valence-electron chi connectivity index (χ2n) is 4.83. The van der Waals surface area contributed by atoms with Crippen molar-refractivity contribution in [3.05, 3.63) is 23.9 Å². The van der Waals surface area contributed by atoms with Gasteiger partial charge in [0.2, 0.25) is 6.41 Å². The lowest BCUT2D eigenvalue weighted by Gasteiger charge is -2.25. The number of rotatable bonds is 6. The molecule has 0 unspecified atom stereocenters. The van der Waals surface area contributed by atoms with Gasteiger partial charge >= 0.3 is 0 Å². The number of anilines is 1. The van der Waals surface area contributed by atoms with Gasteiger partial charge in [-0.1, -0.05) is 6.07 Å². The molecule has 0 spiro atoms. The van der Waals surface area contributed by atoms with Gasteiger partial charge in [-0.3, -0.25) is 9.63 Å². The highest BCUT2D eigenvalue weighted by Gasteiger charge is 2.18. The van der Waals surface area contributed by atoms with Crippen molar-refractivity contribution in [2.45, 2.75) is 39.2 Å². The molecule has 5 heteroatoms. The van der Waals surface area contributed by atoms with E-state index in [-0.39, 0.29) is 0 Å². The molecular weight excluding hydrogens is 232 g/mol. The van der Waals surface area contributed by atoms with Crippen molar-refractivity contribution in [1.82, 2.24) is 4.98 Å². The Kier molecular flexibility index (Phi) is 4.97. The fourth-order valence-electron chi connectivity index (χ4n) is 1.35. The summed E-state index contributed by atoms with van der Waals surface area (Å²) in [5.74, 6) is 0.420. The Hall–Kier alpha value is -1.75. The zero-order valence-corrected chi connectivity index (χ0v) is 10.9. The minimum atomic E-state index is -0.485. The van der Waals surface area contributed by atoms with Gasteiger partial charge in [0, 0.05) is 12.1 Å². The van der Waals surface area contributed by atoms with Crippen molar-refractivity contribution in [1.29, 1.82) is 0 Å². The van der Waals surface area contributed by atoms with Crippen molar-refractivity contribution < 1.29 is 14.4 Å². The quantitative estimate of drug-likeness (QED) is 0.571. The second kappa shape index (κ2) is 6.26. The van der Waals surface area contributed by atoms with E-state index in [1.807, 2.05) is 26.8 Å². The van der Waals surface area contributed by atoms with Gasteiger partial charge < -0.3 is 4.79 Å². The lowest BCUT2D eigenvalue weighted by Crippen LogP contribution is -2.33. The van der Waals surface area contributed by atoms with Gasteiger partial charge in [0.15, 0.2) is 5.82 Å². The van der Waals surface area contributed by atoms with Crippen LogP contribution in [-0.4, -0.2) is 23.3 Å². The largest absolute Gasteiger partial charge is 0.303 e. The number of aldehydes is 1. The molecule has 0 N–H and O–H groups in total. The molecule has 1 amide bonds. The van der Waals surface area contributed by atoms with E-state index in [1.54, 1.807) is 12.1 Å². The number of pyridine rings is 1. The van der Waals surface area contributed by atoms with Crippen LogP contribution in [0.2, 0.25) is 0 Å². The van der Waals surface area contributed by atoms with E-state index < -0.39 is 5.60 Å². The Morgan fingerprint density at radius 1 is 1.33 bits per heavy atom. The van der Waals surface area contributed by atoms with E-state index in [2.05, 4.69) is 4.98 Å². The smallest absolute Gasteiger partial charge is 0.239 e. The summed E-state index contributed by atoms with van der Waals surface area (Å²) in [6, 6.07) is 5.28. The molecule has 0 saturated heterocycles. The molecule has 0 atom stereocenters. The molecule has 0 aliphatic rings. The summed E-state index contributed by atoms with van der Waals surface area (Å²) in [6.45, 7) is 5.54. The molecule has 0 bridgehead atoms. The molecule has 98 valence electrons. The van der Waals surface area contributed by atoms with Crippen LogP contribution in [0.15, 0.2) is 18.2 Å². The molecule has 1 rings (SSSR count). The van der Waals surface area contributed by atoms with Crippen LogP contribution in [0.1, 0.15) is 32.9 Å². The van der Waals surface area contributed by atoms with Gasteiger partial charge in [0.1, 0.15) is 6.29 Å². The number of carbonyl (C=O) groups excluding carboxylic acids is 2. The normalized spacial score (nSPS) is 11.1. The third kappa shape index (κ3) is 4.63. The molecule has 0 fully saturated rings. The lowest BCUT2D eigenvalue weighted by atomic mass is 10.2.